The summed E-state index contributed by atoms with van der Waals surface area (Å²) in [7, 11) is 0. The Balaban J connectivity index is 1.79. The number of nitrogens with zero attached hydrogens (tertiary/aromatic N) is 3. The zero-order valence-corrected chi connectivity index (χ0v) is 16.2. The molecule has 0 aliphatic carbocycles. The molecule has 8 heteroatoms. The Morgan fingerprint density at radius 2 is 2.08 bits per heavy atom. The van der Waals surface area contributed by atoms with E-state index in [1.54, 1.807) is 34.0 Å². The monoisotopic (exact) mass is 377 g/mol. The fourth-order valence-corrected chi connectivity index (χ4v) is 3.41. The Labute approximate surface area is 156 Å². The topological polar surface area (TPSA) is 73.7 Å². The van der Waals surface area contributed by atoms with Crippen LogP contribution in [0.4, 0.5) is 4.79 Å². The first-order chi connectivity index (χ1) is 12.3. The van der Waals surface area contributed by atoms with Crippen molar-refractivity contribution >= 4 is 23.4 Å². The molecule has 0 unspecified atom stereocenters. The van der Waals surface area contributed by atoms with Crippen LogP contribution in [0.3, 0.4) is 0 Å². The maximum absolute atomic E-state index is 12.5. The summed E-state index contributed by atoms with van der Waals surface area (Å²) < 4.78 is 12.3. The maximum atomic E-state index is 12.5. The number of carbonyl (C=O) groups is 2. The first-order valence-corrected chi connectivity index (χ1v) is 9.49. The minimum Gasteiger partial charge on any atom is -0.461 e. The van der Waals surface area contributed by atoms with Crippen molar-refractivity contribution in [1.82, 2.24) is 14.7 Å². The number of likely N-dealkylation sites (tertiary alicyclic amines) is 1. The molecule has 3 heterocycles. The molecule has 0 saturated carbocycles. The van der Waals surface area contributed by atoms with E-state index in [2.05, 4.69) is 5.10 Å². The van der Waals surface area contributed by atoms with E-state index in [0.717, 1.165) is 11.1 Å². The van der Waals surface area contributed by atoms with E-state index in [1.807, 2.05) is 37.6 Å². The van der Waals surface area contributed by atoms with Gasteiger partial charge in [0.05, 0.1) is 18.8 Å². The quantitative estimate of drug-likeness (QED) is 0.762. The Morgan fingerprint density at radius 3 is 2.65 bits per heavy atom. The van der Waals surface area contributed by atoms with Gasteiger partial charge in [0, 0.05) is 18.7 Å². The molecule has 3 rings (SSSR count). The fourth-order valence-electron chi connectivity index (χ4n) is 2.76. The zero-order chi connectivity index (χ0) is 18.9. The van der Waals surface area contributed by atoms with Gasteiger partial charge in [-0.2, -0.15) is 16.4 Å². The summed E-state index contributed by atoms with van der Waals surface area (Å²) in [4.78, 5) is 26.2. The third kappa shape index (κ3) is 3.75. The van der Waals surface area contributed by atoms with Crippen LogP contribution in [0.5, 0.6) is 0 Å². The SMILES string of the molecule is CCOC(=O)c1c(-c2ccsc2)cnn1C1CN(C(=O)OC(C)(C)C)C1. The Morgan fingerprint density at radius 1 is 1.35 bits per heavy atom. The van der Waals surface area contributed by atoms with E-state index >= 15 is 0 Å². The molecule has 1 fully saturated rings. The molecule has 7 nitrogen and oxygen atoms in total. The van der Waals surface area contributed by atoms with Crippen molar-refractivity contribution in [2.45, 2.75) is 39.3 Å². The summed E-state index contributed by atoms with van der Waals surface area (Å²) in [6, 6.07) is 1.87. The predicted molar refractivity (Wildman–Crippen MR) is 98.3 cm³/mol. The van der Waals surface area contributed by atoms with Gasteiger partial charge in [0.25, 0.3) is 0 Å². The molecule has 0 bridgehead atoms. The van der Waals surface area contributed by atoms with Crippen molar-refractivity contribution in [3.8, 4) is 11.1 Å². The standard InChI is InChI=1S/C18H23N3O4S/c1-5-24-16(22)15-14(12-6-7-26-11-12)8-19-21(15)13-9-20(10-13)17(23)25-18(2,3)4/h6-8,11,13H,5,9-10H2,1-4H3. The second-order valence-corrected chi connectivity index (χ2v) is 7.90. The Kier molecular flexibility index (Phi) is 5.04. The molecule has 0 radical (unpaired) electrons. The largest absolute Gasteiger partial charge is 0.461 e. The number of esters is 1. The highest BCUT2D eigenvalue weighted by Gasteiger charge is 2.38. The second kappa shape index (κ2) is 7.11. The van der Waals surface area contributed by atoms with E-state index in [-0.39, 0.29) is 12.1 Å². The van der Waals surface area contributed by atoms with Gasteiger partial charge in [-0.1, -0.05) is 0 Å². The first kappa shape index (κ1) is 18.4. The van der Waals surface area contributed by atoms with Gasteiger partial charge in [-0.15, -0.1) is 0 Å². The molecule has 1 aliphatic heterocycles. The summed E-state index contributed by atoms with van der Waals surface area (Å²) in [5.41, 5.74) is 1.59. The van der Waals surface area contributed by atoms with Gasteiger partial charge >= 0.3 is 12.1 Å². The lowest BCUT2D eigenvalue weighted by Crippen LogP contribution is -2.52. The third-order valence-corrected chi connectivity index (χ3v) is 4.64. The molecule has 2 aromatic rings. The van der Waals surface area contributed by atoms with Crippen molar-refractivity contribution in [2.24, 2.45) is 0 Å². The van der Waals surface area contributed by atoms with Crippen LogP contribution < -0.4 is 0 Å². The Bertz CT molecular complexity index is 786. The normalized spacial score (nSPS) is 14.8. The number of hydrogen-bond acceptors (Lipinski definition) is 6. The van der Waals surface area contributed by atoms with Crippen LogP contribution in [-0.4, -0.2) is 52.0 Å². The van der Waals surface area contributed by atoms with E-state index in [4.69, 9.17) is 9.47 Å². The van der Waals surface area contributed by atoms with E-state index in [1.165, 1.54) is 0 Å². The summed E-state index contributed by atoms with van der Waals surface area (Å²) in [5, 5.41) is 8.33. The molecule has 1 saturated heterocycles. The molecular weight excluding hydrogens is 354 g/mol. The molecule has 0 atom stereocenters. The molecule has 0 aromatic carbocycles. The molecule has 26 heavy (non-hydrogen) atoms. The molecular formula is C18H23N3O4S. The number of carbonyl (C=O) groups excluding carboxylic acids is 2. The molecule has 1 amide bonds. The van der Waals surface area contributed by atoms with Crippen LogP contribution in [-0.2, 0) is 9.47 Å². The molecule has 1 aliphatic rings. The van der Waals surface area contributed by atoms with Gasteiger partial charge in [0.15, 0.2) is 5.69 Å². The van der Waals surface area contributed by atoms with Crippen molar-refractivity contribution in [1.29, 1.82) is 0 Å². The first-order valence-electron chi connectivity index (χ1n) is 8.55. The van der Waals surface area contributed by atoms with Crippen LogP contribution in [0, 0.1) is 0 Å². The predicted octanol–water partition coefficient (Wildman–Crippen LogP) is 3.58. The summed E-state index contributed by atoms with van der Waals surface area (Å²) in [5.74, 6) is -0.401. The minimum absolute atomic E-state index is 0.0747. The minimum atomic E-state index is -0.532. The maximum Gasteiger partial charge on any atom is 0.410 e. The van der Waals surface area contributed by atoms with Crippen molar-refractivity contribution in [3.05, 3.63) is 28.7 Å². The summed E-state index contributed by atoms with van der Waals surface area (Å²) in [6.45, 7) is 8.47. The van der Waals surface area contributed by atoms with Crippen LogP contribution >= 0.6 is 11.3 Å². The average molecular weight is 377 g/mol. The van der Waals surface area contributed by atoms with E-state index in [0.29, 0.717) is 25.4 Å². The van der Waals surface area contributed by atoms with Crippen molar-refractivity contribution in [3.63, 3.8) is 0 Å². The summed E-state index contributed by atoms with van der Waals surface area (Å²) in [6.07, 6.45) is 1.33. The lowest BCUT2D eigenvalue weighted by atomic mass is 10.1. The fraction of sp³-hybridized carbons (Fsp3) is 0.500. The van der Waals surface area contributed by atoms with Crippen LogP contribution in [0.25, 0.3) is 11.1 Å². The van der Waals surface area contributed by atoms with Crippen LogP contribution in [0.2, 0.25) is 0 Å². The van der Waals surface area contributed by atoms with Gasteiger partial charge in [0.1, 0.15) is 5.60 Å². The van der Waals surface area contributed by atoms with Gasteiger partial charge in [-0.3, -0.25) is 4.68 Å². The average Bonchev–Trinajstić information content (AvgIpc) is 3.12. The van der Waals surface area contributed by atoms with Crippen molar-refractivity contribution < 1.29 is 19.1 Å². The van der Waals surface area contributed by atoms with Gasteiger partial charge in [0.2, 0.25) is 0 Å². The number of aromatic nitrogens is 2. The van der Waals surface area contributed by atoms with Crippen LogP contribution in [0.15, 0.2) is 23.0 Å². The molecule has 2 aromatic heterocycles. The number of rotatable bonds is 4. The zero-order valence-electron chi connectivity index (χ0n) is 15.4. The lowest BCUT2D eigenvalue weighted by Gasteiger charge is -2.40. The van der Waals surface area contributed by atoms with Crippen molar-refractivity contribution in [2.75, 3.05) is 19.7 Å². The second-order valence-electron chi connectivity index (χ2n) is 7.12. The molecule has 140 valence electrons. The highest BCUT2D eigenvalue weighted by atomic mass is 32.1. The molecule has 0 spiro atoms. The number of thiophene rings is 1. The highest BCUT2D eigenvalue weighted by molar-refractivity contribution is 7.08. The number of ether oxygens (including phenoxy) is 2. The smallest absolute Gasteiger partial charge is 0.410 e. The lowest BCUT2D eigenvalue weighted by molar-refractivity contribution is -0.000959. The number of hydrogen-bond donors (Lipinski definition) is 0. The van der Waals surface area contributed by atoms with E-state index in [9.17, 15) is 9.59 Å². The third-order valence-electron chi connectivity index (χ3n) is 3.96. The molecule has 0 N–H and O–H groups in total. The summed E-state index contributed by atoms with van der Waals surface area (Å²) >= 11 is 1.56. The van der Waals surface area contributed by atoms with Crippen LogP contribution in [0.1, 0.15) is 44.2 Å². The van der Waals surface area contributed by atoms with Gasteiger partial charge in [-0.25, -0.2) is 9.59 Å². The van der Waals surface area contributed by atoms with Gasteiger partial charge in [-0.05, 0) is 50.1 Å². The Hall–Kier alpha value is -2.35. The highest BCUT2D eigenvalue weighted by Crippen LogP contribution is 2.31. The number of amides is 1. The van der Waals surface area contributed by atoms with E-state index < -0.39 is 11.6 Å². The van der Waals surface area contributed by atoms with Gasteiger partial charge < -0.3 is 14.4 Å².